The van der Waals surface area contributed by atoms with Gasteiger partial charge in [-0.25, -0.2) is 8.42 Å². The third-order valence-electron chi connectivity index (χ3n) is 3.47. The van der Waals surface area contributed by atoms with E-state index in [1.165, 1.54) is 0 Å². The van der Waals surface area contributed by atoms with Crippen molar-refractivity contribution in [2.24, 2.45) is 5.73 Å². The predicted octanol–water partition coefficient (Wildman–Crippen LogP) is 0.540. The lowest BCUT2D eigenvalue weighted by molar-refractivity contribution is -0.122. The van der Waals surface area contributed by atoms with Gasteiger partial charge in [0, 0.05) is 5.69 Å². The van der Waals surface area contributed by atoms with Crippen molar-refractivity contribution >= 4 is 21.4 Å². The van der Waals surface area contributed by atoms with E-state index in [0.29, 0.717) is 24.3 Å². The Kier molecular flexibility index (Phi) is 3.89. The molecule has 1 aliphatic rings. The predicted molar refractivity (Wildman–Crippen MR) is 76.4 cm³/mol. The van der Waals surface area contributed by atoms with Crippen LogP contribution in [0.1, 0.15) is 12.8 Å². The number of anilines is 1. The van der Waals surface area contributed by atoms with E-state index in [1.807, 2.05) is 0 Å². The average molecular weight is 298 g/mol. The summed E-state index contributed by atoms with van der Waals surface area (Å²) in [5, 5.41) is 2.99. The molecule has 20 heavy (non-hydrogen) atoms. The molecule has 0 aromatic heterocycles. The van der Waals surface area contributed by atoms with Gasteiger partial charge in [-0.3, -0.25) is 4.79 Å². The number of nitrogens with one attached hydrogen (secondary N) is 1. The molecule has 1 heterocycles. The molecule has 0 aliphatic carbocycles. The maximum absolute atomic E-state index is 11.8. The molecule has 1 amide bonds. The van der Waals surface area contributed by atoms with E-state index < -0.39 is 21.3 Å². The molecule has 110 valence electrons. The second kappa shape index (κ2) is 5.32. The minimum Gasteiger partial charge on any atom is -0.497 e. The first-order valence-corrected chi connectivity index (χ1v) is 8.12. The Labute approximate surface area is 118 Å². The Morgan fingerprint density at radius 3 is 2.50 bits per heavy atom. The van der Waals surface area contributed by atoms with Crippen molar-refractivity contribution in [3.05, 3.63) is 24.3 Å². The second-order valence-electron chi connectivity index (χ2n) is 5.00. The molecule has 7 heteroatoms. The maximum Gasteiger partial charge on any atom is 0.244 e. The molecule has 0 bridgehead atoms. The quantitative estimate of drug-likeness (QED) is 0.845. The SMILES string of the molecule is COc1ccc(NC2(C(N)=O)CCCS(=O)(=O)C2)cc1. The van der Waals surface area contributed by atoms with Crippen LogP contribution in [0, 0.1) is 0 Å². The molecule has 1 saturated heterocycles. The molecular weight excluding hydrogens is 280 g/mol. The molecule has 0 spiro atoms. The van der Waals surface area contributed by atoms with Crippen molar-refractivity contribution in [2.75, 3.05) is 23.9 Å². The fraction of sp³-hybridized carbons (Fsp3) is 0.462. The number of carbonyl (C=O) groups is 1. The van der Waals surface area contributed by atoms with Gasteiger partial charge in [-0.15, -0.1) is 0 Å². The molecule has 1 aromatic carbocycles. The minimum atomic E-state index is -3.26. The molecule has 2 rings (SSSR count). The Morgan fingerprint density at radius 1 is 1.35 bits per heavy atom. The number of ether oxygens (including phenoxy) is 1. The summed E-state index contributed by atoms with van der Waals surface area (Å²) in [5.41, 5.74) is 4.85. The van der Waals surface area contributed by atoms with Gasteiger partial charge in [0.1, 0.15) is 11.3 Å². The first-order chi connectivity index (χ1) is 9.37. The van der Waals surface area contributed by atoms with Crippen molar-refractivity contribution in [3.8, 4) is 5.75 Å². The highest BCUT2D eigenvalue weighted by Crippen LogP contribution is 2.28. The highest BCUT2D eigenvalue weighted by Gasteiger charge is 2.43. The van der Waals surface area contributed by atoms with Gasteiger partial charge in [0.2, 0.25) is 5.91 Å². The van der Waals surface area contributed by atoms with Gasteiger partial charge in [0.15, 0.2) is 9.84 Å². The Morgan fingerprint density at radius 2 is 2.00 bits per heavy atom. The van der Waals surface area contributed by atoms with Crippen LogP contribution in [0.15, 0.2) is 24.3 Å². The zero-order chi connectivity index (χ0) is 14.8. The molecule has 1 atom stereocenters. The van der Waals surface area contributed by atoms with Crippen LogP contribution in [0.3, 0.4) is 0 Å². The minimum absolute atomic E-state index is 0.103. The van der Waals surface area contributed by atoms with Gasteiger partial charge >= 0.3 is 0 Å². The summed E-state index contributed by atoms with van der Waals surface area (Å²) in [7, 11) is -1.70. The van der Waals surface area contributed by atoms with Gasteiger partial charge in [-0.05, 0) is 37.1 Å². The smallest absolute Gasteiger partial charge is 0.244 e. The van der Waals surface area contributed by atoms with E-state index in [1.54, 1.807) is 31.4 Å². The lowest BCUT2D eigenvalue weighted by Crippen LogP contribution is -2.57. The number of primary amides is 1. The molecule has 3 N–H and O–H groups in total. The van der Waals surface area contributed by atoms with Gasteiger partial charge in [-0.2, -0.15) is 0 Å². The molecule has 0 saturated carbocycles. The number of nitrogens with two attached hydrogens (primary N) is 1. The van der Waals surface area contributed by atoms with Crippen LogP contribution < -0.4 is 15.8 Å². The molecule has 1 aromatic rings. The Balaban J connectivity index is 2.27. The van der Waals surface area contributed by atoms with Crippen LogP contribution in [0.2, 0.25) is 0 Å². The Hall–Kier alpha value is -1.76. The number of rotatable bonds is 4. The summed E-state index contributed by atoms with van der Waals surface area (Å²) in [4.78, 5) is 11.8. The van der Waals surface area contributed by atoms with Gasteiger partial charge < -0.3 is 15.8 Å². The largest absolute Gasteiger partial charge is 0.497 e. The summed E-state index contributed by atoms with van der Waals surface area (Å²) in [5.74, 6) is -0.121. The van der Waals surface area contributed by atoms with E-state index in [0.717, 1.165) is 0 Å². The van der Waals surface area contributed by atoms with Crippen molar-refractivity contribution in [1.82, 2.24) is 0 Å². The number of carbonyl (C=O) groups excluding carboxylic acids is 1. The number of hydrogen-bond acceptors (Lipinski definition) is 5. The molecular formula is C13H18N2O4S. The summed E-state index contributed by atoms with van der Waals surface area (Å²) < 4.78 is 28.6. The summed E-state index contributed by atoms with van der Waals surface area (Å²) in [6.45, 7) is 0. The number of hydrogen-bond donors (Lipinski definition) is 2. The third-order valence-corrected chi connectivity index (χ3v) is 5.31. The maximum atomic E-state index is 11.8. The molecule has 1 unspecified atom stereocenters. The highest BCUT2D eigenvalue weighted by atomic mass is 32.2. The van der Waals surface area contributed by atoms with Crippen molar-refractivity contribution < 1.29 is 17.9 Å². The summed E-state index contributed by atoms with van der Waals surface area (Å²) in [6, 6.07) is 6.91. The summed E-state index contributed by atoms with van der Waals surface area (Å²) in [6.07, 6.45) is 0.835. The molecule has 1 aliphatic heterocycles. The van der Waals surface area contributed by atoms with Crippen LogP contribution in [0.4, 0.5) is 5.69 Å². The number of benzene rings is 1. The van der Waals surface area contributed by atoms with Gasteiger partial charge in [0.25, 0.3) is 0 Å². The van der Waals surface area contributed by atoms with E-state index >= 15 is 0 Å². The zero-order valence-electron chi connectivity index (χ0n) is 11.3. The van der Waals surface area contributed by atoms with Crippen molar-refractivity contribution in [3.63, 3.8) is 0 Å². The molecule has 1 fully saturated rings. The number of methoxy groups -OCH3 is 1. The van der Waals surface area contributed by atoms with Crippen LogP contribution in [-0.2, 0) is 14.6 Å². The zero-order valence-corrected chi connectivity index (χ0v) is 12.1. The lowest BCUT2D eigenvalue weighted by atomic mass is 9.94. The summed E-state index contributed by atoms with van der Waals surface area (Å²) >= 11 is 0. The third kappa shape index (κ3) is 3.04. The first kappa shape index (κ1) is 14.6. The molecule has 6 nitrogen and oxygen atoms in total. The van der Waals surface area contributed by atoms with Crippen LogP contribution >= 0.6 is 0 Å². The molecule has 0 radical (unpaired) electrons. The van der Waals surface area contributed by atoms with Crippen LogP contribution in [-0.4, -0.2) is 38.5 Å². The van der Waals surface area contributed by atoms with Gasteiger partial charge in [0.05, 0.1) is 18.6 Å². The highest BCUT2D eigenvalue weighted by molar-refractivity contribution is 7.91. The number of sulfone groups is 1. The fourth-order valence-corrected chi connectivity index (χ4v) is 4.26. The standard InChI is InChI=1S/C13H18N2O4S/c1-19-11-5-3-10(4-6-11)15-13(12(14)16)7-2-8-20(17,18)9-13/h3-6,15H,2,7-9H2,1H3,(H2,14,16). The fourth-order valence-electron chi connectivity index (χ4n) is 2.42. The Bertz CT molecular complexity index is 597. The van der Waals surface area contributed by atoms with Crippen molar-refractivity contribution in [2.45, 2.75) is 18.4 Å². The first-order valence-electron chi connectivity index (χ1n) is 6.29. The van der Waals surface area contributed by atoms with E-state index in [-0.39, 0.29) is 11.5 Å². The van der Waals surface area contributed by atoms with Crippen LogP contribution in [0.5, 0.6) is 5.75 Å². The van der Waals surface area contributed by atoms with E-state index in [9.17, 15) is 13.2 Å². The van der Waals surface area contributed by atoms with E-state index in [4.69, 9.17) is 10.5 Å². The topological polar surface area (TPSA) is 98.5 Å². The van der Waals surface area contributed by atoms with Gasteiger partial charge in [-0.1, -0.05) is 0 Å². The second-order valence-corrected chi connectivity index (χ2v) is 7.18. The number of amides is 1. The van der Waals surface area contributed by atoms with Crippen molar-refractivity contribution in [1.29, 1.82) is 0 Å². The normalized spacial score (nSPS) is 24.9. The average Bonchev–Trinajstić information content (AvgIpc) is 2.38. The lowest BCUT2D eigenvalue weighted by Gasteiger charge is -2.35. The van der Waals surface area contributed by atoms with E-state index in [2.05, 4.69) is 5.32 Å². The van der Waals surface area contributed by atoms with Crippen LogP contribution in [0.25, 0.3) is 0 Å². The monoisotopic (exact) mass is 298 g/mol.